The molecule has 25 heavy (non-hydrogen) atoms. The lowest BCUT2D eigenvalue weighted by molar-refractivity contribution is 0.358. The van der Waals surface area contributed by atoms with Crippen molar-refractivity contribution in [1.29, 1.82) is 0 Å². The Morgan fingerprint density at radius 2 is 1.68 bits per heavy atom. The standard InChI is InChI=1S/C20H17N3O2/c1-24-17-10-9-16-18(19(17)25-2)21-12-22-20(16)23-15-8-7-13-5-3-4-6-14(13)11-15/h3-12H,1-2H3,(H,21,22,23). The maximum absolute atomic E-state index is 5.47. The molecule has 0 saturated carbocycles. The van der Waals surface area contributed by atoms with E-state index in [2.05, 4.69) is 39.6 Å². The van der Waals surface area contributed by atoms with E-state index in [4.69, 9.17) is 9.47 Å². The molecule has 3 aromatic carbocycles. The van der Waals surface area contributed by atoms with Gasteiger partial charge < -0.3 is 14.8 Å². The summed E-state index contributed by atoms with van der Waals surface area (Å²) in [7, 11) is 3.22. The zero-order valence-electron chi connectivity index (χ0n) is 14.0. The molecular formula is C20H17N3O2. The van der Waals surface area contributed by atoms with Gasteiger partial charge in [0.15, 0.2) is 11.5 Å². The molecule has 0 bridgehead atoms. The molecule has 4 rings (SSSR count). The first-order chi connectivity index (χ1) is 12.3. The summed E-state index contributed by atoms with van der Waals surface area (Å²) in [6.07, 6.45) is 1.52. The molecule has 0 atom stereocenters. The lowest BCUT2D eigenvalue weighted by atomic mass is 10.1. The van der Waals surface area contributed by atoms with E-state index in [9.17, 15) is 0 Å². The van der Waals surface area contributed by atoms with E-state index in [1.54, 1.807) is 14.2 Å². The van der Waals surface area contributed by atoms with Crippen LogP contribution in [-0.2, 0) is 0 Å². The number of fused-ring (bicyclic) bond motifs is 2. The predicted molar refractivity (Wildman–Crippen MR) is 99.9 cm³/mol. The van der Waals surface area contributed by atoms with Crippen molar-refractivity contribution in [2.75, 3.05) is 19.5 Å². The Bertz CT molecular complexity index is 1060. The van der Waals surface area contributed by atoms with Crippen molar-refractivity contribution >= 4 is 33.2 Å². The van der Waals surface area contributed by atoms with Crippen LogP contribution in [0.4, 0.5) is 11.5 Å². The van der Waals surface area contributed by atoms with Crippen molar-refractivity contribution in [3.05, 3.63) is 60.9 Å². The van der Waals surface area contributed by atoms with Gasteiger partial charge in [-0.3, -0.25) is 0 Å². The van der Waals surface area contributed by atoms with Gasteiger partial charge in [-0.1, -0.05) is 30.3 Å². The van der Waals surface area contributed by atoms with Gasteiger partial charge in [0.2, 0.25) is 0 Å². The van der Waals surface area contributed by atoms with Gasteiger partial charge in [-0.05, 0) is 35.0 Å². The van der Waals surface area contributed by atoms with Crippen LogP contribution in [0.1, 0.15) is 0 Å². The van der Waals surface area contributed by atoms with Gasteiger partial charge in [-0.25, -0.2) is 9.97 Å². The van der Waals surface area contributed by atoms with Crippen LogP contribution in [-0.4, -0.2) is 24.2 Å². The molecule has 0 saturated heterocycles. The van der Waals surface area contributed by atoms with E-state index in [1.165, 1.54) is 17.1 Å². The molecule has 124 valence electrons. The summed E-state index contributed by atoms with van der Waals surface area (Å²) in [5, 5.41) is 6.62. The molecule has 0 fully saturated rings. The fourth-order valence-electron chi connectivity index (χ4n) is 2.95. The van der Waals surface area contributed by atoms with E-state index >= 15 is 0 Å². The number of aromatic nitrogens is 2. The molecule has 0 unspecified atom stereocenters. The van der Waals surface area contributed by atoms with Gasteiger partial charge in [0.05, 0.1) is 14.2 Å². The van der Waals surface area contributed by atoms with E-state index in [-0.39, 0.29) is 0 Å². The van der Waals surface area contributed by atoms with Crippen LogP contribution in [0.25, 0.3) is 21.7 Å². The first-order valence-corrected chi connectivity index (χ1v) is 7.91. The minimum Gasteiger partial charge on any atom is -0.493 e. The number of ether oxygens (including phenoxy) is 2. The van der Waals surface area contributed by atoms with Crippen molar-refractivity contribution in [2.24, 2.45) is 0 Å². The Labute approximate surface area is 145 Å². The summed E-state index contributed by atoms with van der Waals surface area (Å²) >= 11 is 0. The van der Waals surface area contributed by atoms with E-state index in [0.717, 1.165) is 16.9 Å². The average Bonchev–Trinajstić information content (AvgIpc) is 2.67. The lowest BCUT2D eigenvalue weighted by Gasteiger charge is -2.13. The van der Waals surface area contributed by atoms with Gasteiger partial charge in [0.25, 0.3) is 0 Å². The zero-order valence-corrected chi connectivity index (χ0v) is 14.0. The molecule has 5 nitrogen and oxygen atoms in total. The fraction of sp³-hybridized carbons (Fsp3) is 0.100. The topological polar surface area (TPSA) is 56.3 Å². The lowest BCUT2D eigenvalue weighted by Crippen LogP contribution is -1.98. The molecule has 0 aliphatic heterocycles. The van der Waals surface area contributed by atoms with Gasteiger partial charge >= 0.3 is 0 Å². The SMILES string of the molecule is COc1ccc2c(Nc3ccc4ccccc4c3)ncnc2c1OC. The second-order valence-corrected chi connectivity index (χ2v) is 5.61. The highest BCUT2D eigenvalue weighted by Crippen LogP contribution is 2.36. The van der Waals surface area contributed by atoms with Gasteiger partial charge in [0, 0.05) is 11.1 Å². The summed E-state index contributed by atoms with van der Waals surface area (Å²) in [4.78, 5) is 8.75. The smallest absolute Gasteiger partial charge is 0.187 e. The third-order valence-corrected chi connectivity index (χ3v) is 4.16. The highest BCUT2D eigenvalue weighted by atomic mass is 16.5. The van der Waals surface area contributed by atoms with Crippen molar-refractivity contribution in [2.45, 2.75) is 0 Å². The Hall–Kier alpha value is -3.34. The number of rotatable bonds is 4. The zero-order chi connectivity index (χ0) is 17.2. The van der Waals surface area contributed by atoms with Crippen molar-refractivity contribution in [3.8, 4) is 11.5 Å². The van der Waals surface area contributed by atoms with Crippen LogP contribution in [0.15, 0.2) is 60.9 Å². The third kappa shape index (κ3) is 2.70. The van der Waals surface area contributed by atoms with Crippen LogP contribution >= 0.6 is 0 Å². The molecule has 0 spiro atoms. The Kier molecular flexibility index (Phi) is 3.82. The Balaban J connectivity index is 1.80. The second kappa shape index (κ2) is 6.28. The number of benzene rings is 3. The van der Waals surface area contributed by atoms with E-state index < -0.39 is 0 Å². The highest BCUT2D eigenvalue weighted by Gasteiger charge is 2.13. The number of hydrogen-bond acceptors (Lipinski definition) is 5. The predicted octanol–water partition coefficient (Wildman–Crippen LogP) is 4.54. The normalized spacial score (nSPS) is 10.8. The number of anilines is 2. The van der Waals surface area contributed by atoms with E-state index in [1.807, 2.05) is 30.3 Å². The summed E-state index contributed by atoms with van der Waals surface area (Å²) in [6, 6.07) is 18.3. The molecule has 0 amide bonds. The van der Waals surface area contributed by atoms with Crippen LogP contribution in [0.5, 0.6) is 11.5 Å². The van der Waals surface area contributed by atoms with Crippen molar-refractivity contribution in [3.63, 3.8) is 0 Å². The largest absolute Gasteiger partial charge is 0.493 e. The first-order valence-electron chi connectivity index (χ1n) is 7.91. The second-order valence-electron chi connectivity index (χ2n) is 5.61. The molecule has 4 aromatic rings. The van der Waals surface area contributed by atoms with E-state index in [0.29, 0.717) is 17.0 Å². The van der Waals surface area contributed by atoms with Gasteiger partial charge in [-0.2, -0.15) is 0 Å². The maximum atomic E-state index is 5.47. The van der Waals surface area contributed by atoms with Crippen LogP contribution < -0.4 is 14.8 Å². The minimum atomic E-state index is 0.601. The van der Waals surface area contributed by atoms with Gasteiger partial charge in [-0.15, -0.1) is 0 Å². The number of nitrogens with one attached hydrogen (secondary N) is 1. The quantitative estimate of drug-likeness (QED) is 0.595. The summed E-state index contributed by atoms with van der Waals surface area (Å²) in [5.41, 5.74) is 1.67. The number of hydrogen-bond donors (Lipinski definition) is 1. The number of nitrogens with zero attached hydrogens (tertiary/aromatic N) is 2. The monoisotopic (exact) mass is 331 g/mol. The van der Waals surface area contributed by atoms with Crippen molar-refractivity contribution < 1.29 is 9.47 Å². The third-order valence-electron chi connectivity index (χ3n) is 4.16. The minimum absolute atomic E-state index is 0.601. The number of methoxy groups -OCH3 is 2. The Morgan fingerprint density at radius 3 is 2.48 bits per heavy atom. The molecule has 5 heteroatoms. The molecular weight excluding hydrogens is 314 g/mol. The highest BCUT2D eigenvalue weighted by molar-refractivity contribution is 5.96. The summed E-state index contributed by atoms with van der Waals surface area (Å²) < 4.78 is 10.8. The van der Waals surface area contributed by atoms with Crippen LogP contribution in [0, 0.1) is 0 Å². The maximum Gasteiger partial charge on any atom is 0.187 e. The van der Waals surface area contributed by atoms with Crippen LogP contribution in [0.3, 0.4) is 0 Å². The summed E-state index contributed by atoms with van der Waals surface area (Å²) in [6.45, 7) is 0. The average molecular weight is 331 g/mol. The molecule has 1 N–H and O–H groups in total. The molecule has 1 heterocycles. The van der Waals surface area contributed by atoms with Crippen molar-refractivity contribution in [1.82, 2.24) is 9.97 Å². The van der Waals surface area contributed by atoms with Gasteiger partial charge in [0.1, 0.15) is 17.7 Å². The summed E-state index contributed by atoms with van der Waals surface area (Å²) in [5.74, 6) is 1.97. The molecule has 0 radical (unpaired) electrons. The molecule has 1 aromatic heterocycles. The Morgan fingerprint density at radius 1 is 0.840 bits per heavy atom. The first kappa shape index (κ1) is 15.2. The fourth-order valence-corrected chi connectivity index (χ4v) is 2.95. The molecule has 0 aliphatic carbocycles. The molecule has 0 aliphatic rings. The van der Waals surface area contributed by atoms with Crippen LogP contribution in [0.2, 0.25) is 0 Å².